The van der Waals surface area contributed by atoms with Crippen LogP contribution in [0.25, 0.3) is 21.9 Å². The summed E-state index contributed by atoms with van der Waals surface area (Å²) in [5.41, 5.74) is 1.10. The monoisotopic (exact) mass is 330 g/mol. The molecule has 1 aromatic carbocycles. The summed E-state index contributed by atoms with van der Waals surface area (Å²) >= 11 is 5.99. The Hall–Kier alpha value is -2.60. The topological polar surface area (TPSA) is 54.5 Å². The number of aromatic nitrogens is 4. The molecule has 1 N–H and O–H groups in total. The lowest BCUT2D eigenvalue weighted by Crippen LogP contribution is -2.18. The highest BCUT2D eigenvalue weighted by atomic mass is 35.5. The molecule has 3 heterocycles. The Morgan fingerprint density at radius 3 is 2.74 bits per heavy atom. The van der Waals surface area contributed by atoms with Gasteiger partial charge in [-0.3, -0.25) is 9.97 Å². The van der Waals surface area contributed by atoms with Crippen molar-refractivity contribution < 1.29 is 8.78 Å². The summed E-state index contributed by atoms with van der Waals surface area (Å²) < 4.78 is 29.2. The summed E-state index contributed by atoms with van der Waals surface area (Å²) in [6, 6.07) is 9.44. The predicted octanol–water partition coefficient (Wildman–Crippen LogP) is 4.30. The first-order valence-electron chi connectivity index (χ1n) is 6.79. The van der Waals surface area contributed by atoms with Crippen LogP contribution in [-0.4, -0.2) is 19.9 Å². The first-order valence-corrected chi connectivity index (χ1v) is 7.17. The number of hydrogen-bond acceptors (Lipinski definition) is 3. The number of pyridine rings is 2. The van der Waals surface area contributed by atoms with Gasteiger partial charge in [-0.05, 0) is 30.3 Å². The van der Waals surface area contributed by atoms with Crippen LogP contribution in [0.15, 0.2) is 48.8 Å². The Bertz CT molecular complexity index is 1010. The van der Waals surface area contributed by atoms with Crippen LogP contribution in [0.5, 0.6) is 0 Å². The van der Waals surface area contributed by atoms with E-state index in [-0.39, 0.29) is 5.69 Å². The first kappa shape index (κ1) is 14.0. The lowest BCUT2D eigenvalue weighted by atomic mass is 10.2. The van der Waals surface area contributed by atoms with Crippen molar-refractivity contribution >= 4 is 33.5 Å². The molecular weight excluding hydrogens is 322 g/mol. The zero-order valence-corrected chi connectivity index (χ0v) is 12.4. The van der Waals surface area contributed by atoms with Crippen LogP contribution in [0, 0.1) is 0 Å². The number of rotatable bonds is 2. The van der Waals surface area contributed by atoms with Gasteiger partial charge in [-0.2, -0.15) is 8.78 Å². The molecule has 0 aliphatic heterocycles. The van der Waals surface area contributed by atoms with E-state index >= 15 is 0 Å². The minimum Gasteiger partial charge on any atom is -0.335 e. The molecule has 7 heteroatoms. The lowest BCUT2D eigenvalue weighted by Gasteiger charge is -2.12. The fourth-order valence-electron chi connectivity index (χ4n) is 2.45. The molecular formula is C16H9ClF2N4. The molecule has 114 valence electrons. The van der Waals surface area contributed by atoms with Gasteiger partial charge in [-0.25, -0.2) is 4.98 Å². The number of halogens is 3. The van der Waals surface area contributed by atoms with Crippen molar-refractivity contribution in [3.8, 4) is 0 Å². The second kappa shape index (κ2) is 4.96. The van der Waals surface area contributed by atoms with E-state index in [2.05, 4.69) is 19.9 Å². The molecule has 0 fully saturated rings. The molecule has 0 amide bonds. The Labute approximate surface area is 134 Å². The number of nitrogens with one attached hydrogen (secondary N) is 1. The molecule has 3 aromatic heterocycles. The number of H-pyrrole nitrogens is 1. The number of fused-ring (bicyclic) bond motifs is 3. The van der Waals surface area contributed by atoms with Gasteiger partial charge >= 0.3 is 5.92 Å². The third-order valence-electron chi connectivity index (χ3n) is 3.56. The van der Waals surface area contributed by atoms with Crippen molar-refractivity contribution in [2.75, 3.05) is 0 Å². The molecule has 0 bridgehead atoms. The van der Waals surface area contributed by atoms with Crippen LogP contribution in [0.2, 0.25) is 5.02 Å². The maximum absolute atomic E-state index is 14.6. The van der Waals surface area contributed by atoms with E-state index in [0.29, 0.717) is 27.0 Å². The Balaban J connectivity index is 1.95. The van der Waals surface area contributed by atoms with E-state index in [1.54, 1.807) is 24.3 Å². The number of imidazole rings is 1. The molecule has 0 atom stereocenters. The number of benzene rings is 1. The zero-order valence-electron chi connectivity index (χ0n) is 11.6. The van der Waals surface area contributed by atoms with E-state index in [9.17, 15) is 8.78 Å². The average Bonchev–Trinajstić information content (AvgIpc) is 3.01. The number of alkyl halides is 2. The highest BCUT2D eigenvalue weighted by Gasteiger charge is 2.39. The van der Waals surface area contributed by atoms with E-state index in [1.165, 1.54) is 24.5 Å². The van der Waals surface area contributed by atoms with Gasteiger partial charge < -0.3 is 4.98 Å². The number of aromatic amines is 1. The minimum absolute atomic E-state index is 0.366. The van der Waals surface area contributed by atoms with Gasteiger partial charge in [0.15, 0.2) is 5.82 Å². The van der Waals surface area contributed by atoms with Gasteiger partial charge in [0.25, 0.3) is 0 Å². The molecule has 0 saturated heterocycles. The van der Waals surface area contributed by atoms with Crippen molar-refractivity contribution in [3.05, 3.63) is 65.3 Å². The highest BCUT2D eigenvalue weighted by Crippen LogP contribution is 2.34. The summed E-state index contributed by atoms with van der Waals surface area (Å²) in [4.78, 5) is 14.7. The SMILES string of the molecule is FC(F)(c1ccccn1)c1nc2c(cnc3ccc(Cl)cc32)[nH]1. The smallest absolute Gasteiger partial charge is 0.335 e. The second-order valence-electron chi connectivity index (χ2n) is 5.06. The van der Waals surface area contributed by atoms with Crippen molar-refractivity contribution in [1.82, 2.24) is 19.9 Å². The number of nitrogens with zero attached hydrogens (tertiary/aromatic N) is 3. The fourth-order valence-corrected chi connectivity index (χ4v) is 2.62. The quantitative estimate of drug-likeness (QED) is 0.596. The van der Waals surface area contributed by atoms with Crippen LogP contribution in [0.3, 0.4) is 0 Å². The van der Waals surface area contributed by atoms with E-state index in [0.717, 1.165) is 0 Å². The third kappa shape index (κ3) is 2.22. The van der Waals surface area contributed by atoms with Gasteiger partial charge in [0.05, 0.1) is 22.7 Å². The summed E-state index contributed by atoms with van der Waals surface area (Å²) in [7, 11) is 0. The van der Waals surface area contributed by atoms with Crippen molar-refractivity contribution in [2.24, 2.45) is 0 Å². The Kier molecular flexibility index (Phi) is 3.02. The lowest BCUT2D eigenvalue weighted by molar-refractivity contribution is 0.0293. The molecule has 4 aromatic rings. The Morgan fingerprint density at radius 1 is 1.09 bits per heavy atom. The summed E-state index contributed by atoms with van der Waals surface area (Å²) in [5.74, 6) is -3.80. The van der Waals surface area contributed by atoms with Gasteiger partial charge in [-0.15, -0.1) is 0 Å². The van der Waals surface area contributed by atoms with Crippen molar-refractivity contribution in [1.29, 1.82) is 0 Å². The van der Waals surface area contributed by atoms with Gasteiger partial charge in [0.2, 0.25) is 0 Å². The molecule has 4 rings (SSSR count). The molecule has 4 nitrogen and oxygen atoms in total. The third-order valence-corrected chi connectivity index (χ3v) is 3.80. The molecule has 0 unspecified atom stereocenters. The number of hydrogen-bond donors (Lipinski definition) is 1. The fraction of sp³-hybridized carbons (Fsp3) is 0.0625. The van der Waals surface area contributed by atoms with Crippen LogP contribution < -0.4 is 0 Å². The highest BCUT2D eigenvalue weighted by molar-refractivity contribution is 6.31. The standard InChI is InChI=1S/C16H9ClF2N4/c17-9-4-5-11-10(7-9)14-12(8-21-11)22-15(23-14)16(18,19)13-3-1-2-6-20-13/h1-8H,(H,22,23). The van der Waals surface area contributed by atoms with Crippen LogP contribution >= 0.6 is 11.6 Å². The van der Waals surface area contributed by atoms with Crippen LogP contribution in [-0.2, 0) is 5.92 Å². The summed E-state index contributed by atoms with van der Waals surface area (Å²) in [6.45, 7) is 0. The molecule has 0 radical (unpaired) electrons. The average molecular weight is 331 g/mol. The van der Waals surface area contributed by atoms with Gasteiger partial charge in [0, 0.05) is 16.6 Å². The molecule has 0 aliphatic carbocycles. The normalized spacial score (nSPS) is 12.1. The minimum atomic E-state index is -3.33. The molecule has 0 aliphatic rings. The predicted molar refractivity (Wildman–Crippen MR) is 83.6 cm³/mol. The molecule has 0 saturated carbocycles. The van der Waals surface area contributed by atoms with Crippen molar-refractivity contribution in [2.45, 2.75) is 5.92 Å². The van der Waals surface area contributed by atoms with Crippen molar-refractivity contribution in [3.63, 3.8) is 0 Å². The van der Waals surface area contributed by atoms with E-state index in [1.807, 2.05) is 0 Å². The molecule has 0 spiro atoms. The summed E-state index contributed by atoms with van der Waals surface area (Å²) in [6.07, 6.45) is 2.80. The Morgan fingerprint density at radius 2 is 1.96 bits per heavy atom. The van der Waals surface area contributed by atoms with Crippen LogP contribution in [0.4, 0.5) is 8.78 Å². The largest absolute Gasteiger partial charge is 0.346 e. The summed E-state index contributed by atoms with van der Waals surface area (Å²) in [5, 5.41) is 1.11. The maximum atomic E-state index is 14.6. The van der Waals surface area contributed by atoms with Crippen LogP contribution in [0.1, 0.15) is 11.5 Å². The van der Waals surface area contributed by atoms with E-state index < -0.39 is 11.7 Å². The van der Waals surface area contributed by atoms with E-state index in [4.69, 9.17) is 11.6 Å². The zero-order chi connectivity index (χ0) is 16.0. The molecule has 23 heavy (non-hydrogen) atoms. The maximum Gasteiger partial charge on any atom is 0.346 e. The first-order chi connectivity index (χ1) is 11.1. The van der Waals surface area contributed by atoms with Gasteiger partial charge in [0.1, 0.15) is 5.69 Å². The van der Waals surface area contributed by atoms with Gasteiger partial charge in [-0.1, -0.05) is 17.7 Å². The second-order valence-corrected chi connectivity index (χ2v) is 5.49.